The first-order chi connectivity index (χ1) is 12.7. The van der Waals surface area contributed by atoms with E-state index in [0.29, 0.717) is 11.7 Å². The zero-order chi connectivity index (χ0) is 17.9. The molecule has 136 valence electrons. The van der Waals surface area contributed by atoms with Crippen molar-refractivity contribution < 1.29 is 9.18 Å². The molecule has 4 rings (SSSR count). The van der Waals surface area contributed by atoms with Crippen molar-refractivity contribution in [3.8, 4) is 0 Å². The summed E-state index contributed by atoms with van der Waals surface area (Å²) in [6.45, 7) is 4.30. The fourth-order valence-electron chi connectivity index (χ4n) is 3.37. The Morgan fingerprint density at radius 1 is 1.00 bits per heavy atom. The van der Waals surface area contributed by atoms with Gasteiger partial charge in [0.2, 0.25) is 0 Å². The molecule has 0 atom stereocenters. The van der Waals surface area contributed by atoms with Crippen LogP contribution < -0.4 is 10.2 Å². The zero-order valence-corrected chi connectivity index (χ0v) is 14.8. The second-order valence-electron chi connectivity index (χ2n) is 7.16. The molecule has 0 spiro atoms. The van der Waals surface area contributed by atoms with E-state index in [9.17, 15) is 9.18 Å². The second kappa shape index (κ2) is 7.46. The predicted octanol–water partition coefficient (Wildman–Crippen LogP) is 3.04. The molecule has 4 nitrogen and oxygen atoms in total. The number of halogens is 1. The highest BCUT2D eigenvalue weighted by Gasteiger charge is 2.24. The van der Waals surface area contributed by atoms with Crippen molar-refractivity contribution in [1.82, 2.24) is 10.2 Å². The molecule has 1 N–H and O–H groups in total. The molecule has 0 unspecified atom stereocenters. The number of rotatable bonds is 5. The van der Waals surface area contributed by atoms with E-state index in [4.69, 9.17) is 0 Å². The molecule has 0 radical (unpaired) electrons. The third-order valence-electron chi connectivity index (χ3n) is 5.10. The van der Waals surface area contributed by atoms with Crippen molar-refractivity contribution in [3.63, 3.8) is 0 Å². The standard InChI is InChI=1S/C21H24FN3O/c22-19-3-1-2-4-20(19)25-13-11-24(12-14-25)15-16-5-7-17(8-6-16)21(26)23-18-9-10-18/h1-8,18H,9-15H2,(H,23,26). The molecule has 1 aliphatic carbocycles. The maximum atomic E-state index is 13.9. The van der Waals surface area contributed by atoms with Gasteiger partial charge in [0.15, 0.2) is 0 Å². The summed E-state index contributed by atoms with van der Waals surface area (Å²) in [4.78, 5) is 16.5. The van der Waals surface area contributed by atoms with Gasteiger partial charge in [-0.25, -0.2) is 4.39 Å². The van der Waals surface area contributed by atoms with Crippen LogP contribution in [0.15, 0.2) is 48.5 Å². The molecule has 1 saturated carbocycles. The van der Waals surface area contributed by atoms with E-state index in [1.165, 1.54) is 11.6 Å². The molecule has 1 amide bonds. The summed E-state index contributed by atoms with van der Waals surface area (Å²) in [5.74, 6) is -0.126. The lowest BCUT2D eigenvalue weighted by Crippen LogP contribution is -2.46. The number of para-hydroxylation sites is 1. The van der Waals surface area contributed by atoms with E-state index in [1.54, 1.807) is 6.07 Å². The van der Waals surface area contributed by atoms with Crippen molar-refractivity contribution in [2.75, 3.05) is 31.1 Å². The van der Waals surface area contributed by atoms with Crippen LogP contribution in [0.3, 0.4) is 0 Å². The number of carbonyl (C=O) groups excluding carboxylic acids is 1. The number of hydrogen-bond acceptors (Lipinski definition) is 3. The van der Waals surface area contributed by atoms with Gasteiger partial charge in [-0.05, 0) is 42.7 Å². The maximum absolute atomic E-state index is 13.9. The quantitative estimate of drug-likeness (QED) is 0.897. The predicted molar refractivity (Wildman–Crippen MR) is 101 cm³/mol. The number of nitrogens with zero attached hydrogens (tertiary/aromatic N) is 2. The van der Waals surface area contributed by atoms with Crippen molar-refractivity contribution >= 4 is 11.6 Å². The second-order valence-corrected chi connectivity index (χ2v) is 7.16. The lowest BCUT2D eigenvalue weighted by Gasteiger charge is -2.36. The van der Waals surface area contributed by atoms with E-state index in [-0.39, 0.29) is 11.7 Å². The number of hydrogen-bond donors (Lipinski definition) is 1. The van der Waals surface area contributed by atoms with Gasteiger partial charge in [-0.2, -0.15) is 0 Å². The molecule has 1 saturated heterocycles. The topological polar surface area (TPSA) is 35.6 Å². The smallest absolute Gasteiger partial charge is 0.251 e. The number of nitrogens with one attached hydrogen (secondary N) is 1. The monoisotopic (exact) mass is 353 g/mol. The highest BCUT2D eigenvalue weighted by atomic mass is 19.1. The first-order valence-electron chi connectivity index (χ1n) is 9.31. The van der Waals surface area contributed by atoms with Gasteiger partial charge in [-0.3, -0.25) is 9.69 Å². The van der Waals surface area contributed by atoms with Crippen LogP contribution in [0.2, 0.25) is 0 Å². The highest BCUT2D eigenvalue weighted by Crippen LogP contribution is 2.21. The average Bonchev–Trinajstić information content (AvgIpc) is 3.47. The van der Waals surface area contributed by atoms with Gasteiger partial charge in [0.25, 0.3) is 5.91 Å². The van der Waals surface area contributed by atoms with Crippen LogP contribution in [0.1, 0.15) is 28.8 Å². The first kappa shape index (κ1) is 17.0. The van der Waals surface area contributed by atoms with E-state index >= 15 is 0 Å². The van der Waals surface area contributed by atoms with Gasteiger partial charge in [-0.1, -0.05) is 24.3 Å². The van der Waals surface area contributed by atoms with Crippen LogP contribution >= 0.6 is 0 Å². The summed E-state index contributed by atoms with van der Waals surface area (Å²) >= 11 is 0. The van der Waals surface area contributed by atoms with Crippen LogP contribution in [0.5, 0.6) is 0 Å². The van der Waals surface area contributed by atoms with Crippen LogP contribution in [-0.4, -0.2) is 43.0 Å². The van der Waals surface area contributed by atoms with Crippen molar-refractivity contribution in [3.05, 3.63) is 65.5 Å². The molecular weight excluding hydrogens is 329 g/mol. The fraction of sp³-hybridized carbons (Fsp3) is 0.381. The van der Waals surface area contributed by atoms with Gasteiger partial charge in [0.1, 0.15) is 5.82 Å². The lowest BCUT2D eigenvalue weighted by atomic mass is 10.1. The molecule has 5 heteroatoms. The van der Waals surface area contributed by atoms with Crippen LogP contribution in [0.25, 0.3) is 0 Å². The Balaban J connectivity index is 1.30. The van der Waals surface area contributed by atoms with Crippen molar-refractivity contribution in [1.29, 1.82) is 0 Å². The number of amides is 1. The minimum atomic E-state index is -0.152. The molecule has 26 heavy (non-hydrogen) atoms. The van der Waals surface area contributed by atoms with Crippen molar-refractivity contribution in [2.45, 2.75) is 25.4 Å². The van der Waals surface area contributed by atoms with Crippen molar-refractivity contribution in [2.24, 2.45) is 0 Å². The molecule has 2 aromatic rings. The molecule has 0 aromatic heterocycles. The Labute approximate surface area is 153 Å². The minimum Gasteiger partial charge on any atom is -0.367 e. The van der Waals surface area contributed by atoms with Gasteiger partial charge in [-0.15, -0.1) is 0 Å². The summed E-state index contributed by atoms with van der Waals surface area (Å²) < 4.78 is 13.9. The lowest BCUT2D eigenvalue weighted by molar-refractivity contribution is 0.0951. The Morgan fingerprint density at radius 2 is 1.69 bits per heavy atom. The van der Waals surface area contributed by atoms with Gasteiger partial charge in [0.05, 0.1) is 5.69 Å². The summed E-state index contributed by atoms with van der Waals surface area (Å²) in [5.41, 5.74) is 2.62. The number of piperazine rings is 1. The van der Waals surface area contributed by atoms with Crippen LogP contribution in [0.4, 0.5) is 10.1 Å². The Morgan fingerprint density at radius 3 is 2.35 bits per heavy atom. The Hall–Kier alpha value is -2.40. The average molecular weight is 353 g/mol. The summed E-state index contributed by atoms with van der Waals surface area (Å²) in [5, 5.41) is 3.01. The van der Waals surface area contributed by atoms with E-state index < -0.39 is 0 Å². The van der Waals surface area contributed by atoms with Crippen LogP contribution in [0, 0.1) is 5.82 Å². The highest BCUT2D eigenvalue weighted by molar-refractivity contribution is 5.94. The molecule has 2 fully saturated rings. The van der Waals surface area contributed by atoms with Crippen LogP contribution in [-0.2, 0) is 6.54 Å². The van der Waals surface area contributed by atoms with E-state index in [2.05, 4.69) is 15.1 Å². The maximum Gasteiger partial charge on any atom is 0.251 e. The summed E-state index contributed by atoms with van der Waals surface area (Å²) in [6.07, 6.45) is 2.20. The molecule has 2 aliphatic rings. The Bertz CT molecular complexity index is 765. The van der Waals surface area contributed by atoms with E-state index in [0.717, 1.165) is 51.1 Å². The molecule has 2 aromatic carbocycles. The number of benzene rings is 2. The molecule has 0 bridgehead atoms. The summed E-state index contributed by atoms with van der Waals surface area (Å²) in [6, 6.07) is 15.2. The normalized spacial score (nSPS) is 18.0. The minimum absolute atomic E-state index is 0.0255. The molecular formula is C21H24FN3O. The summed E-state index contributed by atoms with van der Waals surface area (Å²) in [7, 11) is 0. The number of carbonyl (C=O) groups is 1. The first-order valence-corrected chi connectivity index (χ1v) is 9.31. The third kappa shape index (κ3) is 4.05. The zero-order valence-electron chi connectivity index (χ0n) is 14.8. The third-order valence-corrected chi connectivity index (χ3v) is 5.10. The Kier molecular flexibility index (Phi) is 4.89. The molecule has 1 heterocycles. The van der Waals surface area contributed by atoms with E-state index in [1.807, 2.05) is 36.4 Å². The fourth-order valence-corrected chi connectivity index (χ4v) is 3.37. The molecule has 1 aliphatic heterocycles. The van der Waals surface area contributed by atoms with Gasteiger partial charge < -0.3 is 10.2 Å². The SMILES string of the molecule is O=C(NC1CC1)c1ccc(CN2CCN(c3ccccc3F)CC2)cc1. The largest absolute Gasteiger partial charge is 0.367 e. The van der Waals surface area contributed by atoms with Gasteiger partial charge >= 0.3 is 0 Å². The van der Waals surface area contributed by atoms with Gasteiger partial charge in [0, 0.05) is 44.3 Å². The number of anilines is 1.